The van der Waals surface area contributed by atoms with Crippen LogP contribution in [0.1, 0.15) is 38.2 Å². The average molecular weight is 346 g/mol. The quantitative estimate of drug-likeness (QED) is 0.535. The maximum Gasteiger partial charge on any atom is 0.416 e. The van der Waals surface area contributed by atoms with Crippen LogP contribution in [0.4, 0.5) is 26.3 Å². The molecule has 0 spiro atoms. The highest BCUT2D eigenvalue weighted by Crippen LogP contribution is 2.37. The molecule has 0 amide bonds. The van der Waals surface area contributed by atoms with Crippen molar-refractivity contribution in [3.63, 3.8) is 0 Å². The van der Waals surface area contributed by atoms with Crippen molar-refractivity contribution >= 4 is 6.29 Å². The normalized spacial score (nSPS) is 12.3. The second-order valence-electron chi connectivity index (χ2n) is 5.41. The Balaban J connectivity index is 2.54. The summed E-state index contributed by atoms with van der Waals surface area (Å²) in [5, 5.41) is 0. The van der Waals surface area contributed by atoms with E-state index in [0.717, 1.165) is 0 Å². The van der Waals surface area contributed by atoms with Crippen molar-refractivity contribution in [3.05, 3.63) is 69.8 Å². The highest BCUT2D eigenvalue weighted by Gasteiger charge is 2.36. The molecule has 0 heterocycles. The van der Waals surface area contributed by atoms with E-state index in [-0.39, 0.29) is 12.0 Å². The van der Waals surface area contributed by atoms with Crippen LogP contribution in [0.3, 0.4) is 0 Å². The summed E-state index contributed by atoms with van der Waals surface area (Å²) < 4.78 is 77.6. The van der Waals surface area contributed by atoms with Crippen molar-refractivity contribution in [3.8, 4) is 0 Å². The summed E-state index contributed by atoms with van der Waals surface area (Å²) in [5.41, 5.74) is -1.53. The molecule has 0 aliphatic carbocycles. The zero-order chi connectivity index (χ0) is 18.1. The molecule has 0 saturated heterocycles. The topological polar surface area (TPSA) is 17.1 Å². The minimum absolute atomic E-state index is 0.255. The van der Waals surface area contributed by atoms with Gasteiger partial charge in [0.15, 0.2) is 0 Å². The minimum Gasteiger partial charge on any atom is -0.298 e. The number of halogens is 6. The third kappa shape index (κ3) is 4.15. The van der Waals surface area contributed by atoms with Crippen LogP contribution in [0, 0.1) is 6.92 Å². The average Bonchev–Trinajstić information content (AvgIpc) is 2.44. The summed E-state index contributed by atoms with van der Waals surface area (Å²) >= 11 is 0. The first-order valence-electron chi connectivity index (χ1n) is 6.84. The van der Waals surface area contributed by atoms with Crippen LogP contribution in [0.15, 0.2) is 36.4 Å². The van der Waals surface area contributed by atoms with Gasteiger partial charge in [-0.3, -0.25) is 4.79 Å². The Morgan fingerprint density at radius 2 is 1.58 bits per heavy atom. The lowest BCUT2D eigenvalue weighted by atomic mass is 9.95. The van der Waals surface area contributed by atoms with Crippen LogP contribution in [0.2, 0.25) is 0 Å². The molecule has 0 unspecified atom stereocenters. The summed E-state index contributed by atoms with van der Waals surface area (Å²) in [6.45, 7) is 1.65. The number of aryl methyl sites for hydroxylation is 1. The Bertz CT molecular complexity index is 759. The number of rotatable bonds is 3. The molecule has 128 valence electrons. The van der Waals surface area contributed by atoms with Crippen LogP contribution in [-0.4, -0.2) is 6.29 Å². The highest BCUT2D eigenvalue weighted by atomic mass is 19.4. The summed E-state index contributed by atoms with van der Waals surface area (Å²) in [7, 11) is 0. The molecule has 2 rings (SSSR count). The number of benzene rings is 2. The fourth-order valence-electron chi connectivity index (χ4n) is 2.48. The lowest BCUT2D eigenvalue weighted by Crippen LogP contribution is -2.13. The predicted octanol–water partition coefficient (Wildman–Crippen LogP) is 5.44. The monoisotopic (exact) mass is 346 g/mol. The molecule has 0 bridgehead atoms. The first-order valence-corrected chi connectivity index (χ1v) is 6.84. The van der Waals surface area contributed by atoms with Gasteiger partial charge >= 0.3 is 12.4 Å². The molecule has 1 nitrogen and oxygen atoms in total. The van der Waals surface area contributed by atoms with Gasteiger partial charge in [-0.25, -0.2) is 0 Å². The fourth-order valence-corrected chi connectivity index (χ4v) is 2.48. The lowest BCUT2D eigenvalue weighted by Gasteiger charge is -2.16. The van der Waals surface area contributed by atoms with Crippen LogP contribution >= 0.6 is 0 Å². The lowest BCUT2D eigenvalue weighted by molar-refractivity contribution is -0.141. The van der Waals surface area contributed by atoms with E-state index in [1.165, 1.54) is 18.2 Å². The molecule has 0 N–H and O–H groups in total. The largest absolute Gasteiger partial charge is 0.416 e. The first-order chi connectivity index (χ1) is 11.0. The van der Waals surface area contributed by atoms with Crippen molar-refractivity contribution < 1.29 is 31.1 Å². The molecule has 0 atom stereocenters. The molecule has 2 aromatic rings. The molecular formula is C17H12F6O. The number of carbonyl (C=O) groups is 1. The molecule has 0 radical (unpaired) electrons. The maximum atomic E-state index is 13.1. The van der Waals surface area contributed by atoms with Crippen molar-refractivity contribution in [2.75, 3.05) is 0 Å². The van der Waals surface area contributed by atoms with E-state index in [1.54, 1.807) is 6.92 Å². The van der Waals surface area contributed by atoms with Gasteiger partial charge in [-0.2, -0.15) is 26.3 Å². The van der Waals surface area contributed by atoms with E-state index in [1.807, 2.05) is 0 Å². The van der Waals surface area contributed by atoms with Crippen molar-refractivity contribution in [2.45, 2.75) is 25.7 Å². The van der Waals surface area contributed by atoms with Gasteiger partial charge in [-0.15, -0.1) is 0 Å². The minimum atomic E-state index is -4.77. The van der Waals surface area contributed by atoms with E-state index in [0.29, 0.717) is 35.6 Å². The van der Waals surface area contributed by atoms with Gasteiger partial charge in [0.1, 0.15) is 6.29 Å². The second kappa shape index (κ2) is 6.30. The van der Waals surface area contributed by atoms with Gasteiger partial charge < -0.3 is 0 Å². The Morgan fingerprint density at radius 1 is 0.917 bits per heavy atom. The third-order valence-corrected chi connectivity index (χ3v) is 3.43. The Labute approximate surface area is 133 Å². The highest BCUT2D eigenvalue weighted by molar-refractivity contribution is 5.75. The summed E-state index contributed by atoms with van der Waals surface area (Å²) in [6.07, 6.45) is -9.33. The zero-order valence-electron chi connectivity index (χ0n) is 12.4. The SMILES string of the molecule is Cc1cc(C=O)cc(Cc2cc(C(F)(F)F)ccc2C(F)(F)F)c1. The van der Waals surface area contributed by atoms with E-state index in [9.17, 15) is 31.1 Å². The standard InChI is InChI=1S/C17H12F6O/c1-10-4-11(6-12(5-10)9-24)7-13-8-14(16(18,19)20)2-3-15(13)17(21,22)23/h2-6,8-9H,7H2,1H3. The summed E-state index contributed by atoms with van der Waals surface area (Å²) in [5.74, 6) is 0. The number of hydrogen-bond donors (Lipinski definition) is 0. The van der Waals surface area contributed by atoms with Gasteiger partial charge in [0.25, 0.3) is 0 Å². The van der Waals surface area contributed by atoms with Crippen molar-refractivity contribution in [2.24, 2.45) is 0 Å². The maximum absolute atomic E-state index is 13.1. The second-order valence-corrected chi connectivity index (χ2v) is 5.41. The molecule has 7 heteroatoms. The van der Waals surface area contributed by atoms with Gasteiger partial charge in [-0.1, -0.05) is 11.6 Å². The van der Waals surface area contributed by atoms with E-state index in [4.69, 9.17) is 0 Å². The molecular weight excluding hydrogens is 334 g/mol. The molecule has 2 aromatic carbocycles. The molecule has 0 fully saturated rings. The summed E-state index contributed by atoms with van der Waals surface area (Å²) in [4.78, 5) is 10.8. The molecule has 0 saturated carbocycles. The Hall–Kier alpha value is -2.31. The molecule has 0 aliphatic heterocycles. The van der Waals surface area contributed by atoms with Gasteiger partial charge in [0.05, 0.1) is 11.1 Å². The smallest absolute Gasteiger partial charge is 0.298 e. The zero-order valence-corrected chi connectivity index (χ0v) is 12.4. The van der Waals surface area contributed by atoms with Crippen LogP contribution in [-0.2, 0) is 18.8 Å². The Morgan fingerprint density at radius 3 is 2.12 bits per heavy atom. The van der Waals surface area contributed by atoms with Gasteiger partial charge in [0, 0.05) is 5.56 Å². The number of alkyl halides is 6. The van der Waals surface area contributed by atoms with Crippen LogP contribution in [0.5, 0.6) is 0 Å². The van der Waals surface area contributed by atoms with E-state index >= 15 is 0 Å². The van der Waals surface area contributed by atoms with Crippen LogP contribution in [0.25, 0.3) is 0 Å². The van der Waals surface area contributed by atoms with Gasteiger partial charge in [0.2, 0.25) is 0 Å². The third-order valence-electron chi connectivity index (χ3n) is 3.43. The fraction of sp³-hybridized carbons (Fsp3) is 0.235. The van der Waals surface area contributed by atoms with Crippen LogP contribution < -0.4 is 0 Å². The van der Waals surface area contributed by atoms with Crippen molar-refractivity contribution in [1.29, 1.82) is 0 Å². The molecule has 24 heavy (non-hydrogen) atoms. The Kier molecular flexibility index (Phi) is 4.73. The van der Waals surface area contributed by atoms with Gasteiger partial charge in [-0.05, 0) is 54.8 Å². The number of hydrogen-bond acceptors (Lipinski definition) is 1. The first kappa shape index (κ1) is 18.0. The van der Waals surface area contributed by atoms with E-state index < -0.39 is 29.0 Å². The number of carbonyl (C=O) groups excluding carboxylic acids is 1. The molecule has 0 aliphatic rings. The summed E-state index contributed by atoms with van der Waals surface area (Å²) in [6, 6.07) is 5.79. The number of aldehydes is 1. The predicted molar refractivity (Wildman–Crippen MR) is 75.8 cm³/mol. The molecule has 0 aromatic heterocycles. The van der Waals surface area contributed by atoms with Crippen molar-refractivity contribution in [1.82, 2.24) is 0 Å². The van der Waals surface area contributed by atoms with E-state index in [2.05, 4.69) is 0 Å².